The summed E-state index contributed by atoms with van der Waals surface area (Å²) in [5, 5.41) is 0. The highest BCUT2D eigenvalue weighted by Crippen LogP contribution is 2.51. The van der Waals surface area contributed by atoms with Crippen molar-refractivity contribution in [3.63, 3.8) is 0 Å². The molecule has 16 heavy (non-hydrogen) atoms. The third kappa shape index (κ3) is 8.22. The standard InChI is InChI=1S/C8H16O6P2/c1-4-5-14-16(12,13)7-8(2,3)6-15(9,10)11/h4H,1-3,5-7H2,(H,12,13)(H2,9,10,11). The van der Waals surface area contributed by atoms with Crippen molar-refractivity contribution in [1.82, 2.24) is 0 Å². The molecule has 0 aliphatic rings. The van der Waals surface area contributed by atoms with Crippen molar-refractivity contribution in [2.75, 3.05) is 18.9 Å². The van der Waals surface area contributed by atoms with Crippen LogP contribution in [-0.4, -0.2) is 33.6 Å². The van der Waals surface area contributed by atoms with Crippen molar-refractivity contribution in [3.05, 3.63) is 26.5 Å². The van der Waals surface area contributed by atoms with Crippen molar-refractivity contribution in [3.8, 4) is 0 Å². The van der Waals surface area contributed by atoms with Gasteiger partial charge in [-0.1, -0.05) is 6.08 Å². The Labute approximate surface area is 95.0 Å². The van der Waals surface area contributed by atoms with E-state index in [0.717, 1.165) is 0 Å². The number of rotatable bonds is 7. The van der Waals surface area contributed by atoms with E-state index in [-0.39, 0.29) is 6.61 Å². The molecule has 6 nitrogen and oxygen atoms in total. The van der Waals surface area contributed by atoms with Gasteiger partial charge in [-0.3, -0.25) is 9.13 Å². The van der Waals surface area contributed by atoms with Gasteiger partial charge in [0.2, 0.25) is 0 Å². The molecule has 0 heterocycles. The third-order valence-electron chi connectivity index (χ3n) is 1.47. The molecule has 0 aliphatic carbocycles. The van der Waals surface area contributed by atoms with Crippen LogP contribution < -0.4 is 0 Å². The van der Waals surface area contributed by atoms with Crippen LogP contribution in [0.1, 0.15) is 0 Å². The summed E-state index contributed by atoms with van der Waals surface area (Å²) in [6, 6.07) is 0. The van der Waals surface area contributed by atoms with E-state index in [2.05, 4.69) is 25.0 Å². The lowest BCUT2D eigenvalue weighted by Crippen LogP contribution is -2.23. The van der Waals surface area contributed by atoms with Gasteiger partial charge >= 0.3 is 15.2 Å². The topological polar surface area (TPSA) is 104 Å². The van der Waals surface area contributed by atoms with Gasteiger partial charge in [-0.15, -0.1) is 6.58 Å². The SMILES string of the molecule is [CH2]C([CH2])(CP(=O)(O)O)CP(=O)(O)OCC=C. The molecule has 1 unspecified atom stereocenters. The maximum atomic E-state index is 11.4. The maximum absolute atomic E-state index is 11.4. The summed E-state index contributed by atoms with van der Waals surface area (Å²) < 4.78 is 26.7. The lowest BCUT2D eigenvalue weighted by atomic mass is 10.0. The van der Waals surface area contributed by atoms with Crippen LogP contribution >= 0.6 is 15.2 Å². The van der Waals surface area contributed by atoms with Crippen molar-refractivity contribution in [1.29, 1.82) is 0 Å². The molecule has 0 aromatic heterocycles. The highest BCUT2D eigenvalue weighted by Gasteiger charge is 2.36. The van der Waals surface area contributed by atoms with E-state index >= 15 is 0 Å². The molecule has 0 bridgehead atoms. The fraction of sp³-hybridized carbons (Fsp3) is 0.500. The molecule has 3 N–H and O–H groups in total. The zero-order valence-electron chi connectivity index (χ0n) is 8.78. The van der Waals surface area contributed by atoms with Crippen LogP contribution in [0, 0.1) is 19.3 Å². The molecule has 0 saturated carbocycles. The summed E-state index contributed by atoms with van der Waals surface area (Å²) in [5.41, 5.74) is -1.47. The quantitative estimate of drug-likeness (QED) is 0.474. The Kier molecular flexibility index (Phi) is 5.60. The second-order valence-electron chi connectivity index (χ2n) is 3.70. The minimum absolute atomic E-state index is 0.125. The zero-order valence-corrected chi connectivity index (χ0v) is 10.6. The lowest BCUT2D eigenvalue weighted by molar-refractivity contribution is 0.278. The molecule has 2 radical (unpaired) electrons. The first kappa shape index (κ1) is 16.0. The molecule has 1 atom stereocenters. The smallest absolute Gasteiger partial charge is 0.324 e. The molecule has 0 saturated heterocycles. The molecular formula is C8H16O6P2. The Morgan fingerprint density at radius 3 is 2.06 bits per heavy atom. The predicted octanol–water partition coefficient (Wildman–Crippen LogP) is 1.21. The normalized spacial score (nSPS) is 16.8. The second kappa shape index (κ2) is 5.58. The van der Waals surface area contributed by atoms with E-state index in [0.29, 0.717) is 0 Å². The van der Waals surface area contributed by atoms with E-state index < -0.39 is 32.9 Å². The molecule has 0 spiro atoms. The molecule has 0 rings (SSSR count). The van der Waals surface area contributed by atoms with Crippen LogP contribution in [-0.2, 0) is 13.7 Å². The fourth-order valence-electron chi connectivity index (χ4n) is 1.13. The Hall–Kier alpha value is 0.0400. The summed E-state index contributed by atoms with van der Waals surface area (Å²) in [6.45, 7) is 10.00. The van der Waals surface area contributed by atoms with E-state index in [4.69, 9.17) is 9.79 Å². The van der Waals surface area contributed by atoms with Gasteiger partial charge in [-0.25, -0.2) is 0 Å². The van der Waals surface area contributed by atoms with E-state index in [1.54, 1.807) is 0 Å². The van der Waals surface area contributed by atoms with Crippen LogP contribution in [0.3, 0.4) is 0 Å². The van der Waals surface area contributed by atoms with Crippen molar-refractivity contribution in [2.45, 2.75) is 0 Å². The van der Waals surface area contributed by atoms with Gasteiger partial charge in [0.15, 0.2) is 0 Å². The molecular weight excluding hydrogens is 254 g/mol. The predicted molar refractivity (Wildman–Crippen MR) is 60.9 cm³/mol. The summed E-state index contributed by atoms with van der Waals surface area (Å²) in [6.07, 6.45) is 0.0840. The van der Waals surface area contributed by atoms with Crippen molar-refractivity contribution >= 4 is 15.2 Å². The second-order valence-corrected chi connectivity index (χ2v) is 7.20. The van der Waals surface area contributed by atoms with E-state index in [9.17, 15) is 14.0 Å². The number of hydrogen-bond donors (Lipinski definition) is 3. The minimum Gasteiger partial charge on any atom is -0.324 e. The molecule has 0 amide bonds. The number of hydrogen-bond acceptors (Lipinski definition) is 3. The van der Waals surface area contributed by atoms with Gasteiger partial charge < -0.3 is 19.2 Å². The highest BCUT2D eigenvalue weighted by molar-refractivity contribution is 7.53. The Balaban J connectivity index is 4.51. The van der Waals surface area contributed by atoms with Gasteiger partial charge in [0.05, 0.1) is 18.9 Å². The van der Waals surface area contributed by atoms with Crippen LogP contribution in [0.5, 0.6) is 0 Å². The van der Waals surface area contributed by atoms with Crippen LogP contribution in [0.2, 0.25) is 0 Å². The third-order valence-corrected chi connectivity index (χ3v) is 4.18. The highest BCUT2D eigenvalue weighted by atomic mass is 31.2. The largest absolute Gasteiger partial charge is 0.328 e. The summed E-state index contributed by atoms with van der Waals surface area (Å²) in [7, 11) is -8.29. The van der Waals surface area contributed by atoms with Crippen LogP contribution in [0.4, 0.5) is 0 Å². The summed E-state index contributed by atoms with van der Waals surface area (Å²) in [4.78, 5) is 26.8. The average molecular weight is 270 g/mol. The van der Waals surface area contributed by atoms with Crippen molar-refractivity contribution in [2.24, 2.45) is 5.41 Å². The fourth-order valence-corrected chi connectivity index (χ4v) is 3.68. The first-order valence-corrected chi connectivity index (χ1v) is 7.86. The van der Waals surface area contributed by atoms with Crippen LogP contribution in [0.25, 0.3) is 0 Å². The van der Waals surface area contributed by atoms with Gasteiger partial charge in [-0.05, 0) is 19.3 Å². The molecule has 8 heteroatoms. The Morgan fingerprint density at radius 1 is 1.19 bits per heavy atom. The molecule has 0 fully saturated rings. The summed E-state index contributed by atoms with van der Waals surface area (Å²) in [5.74, 6) is 0. The van der Waals surface area contributed by atoms with Gasteiger partial charge in [0, 0.05) is 0 Å². The first-order valence-electron chi connectivity index (χ1n) is 4.30. The van der Waals surface area contributed by atoms with Crippen molar-refractivity contribution < 1.29 is 28.3 Å². The van der Waals surface area contributed by atoms with Gasteiger partial charge in [0.25, 0.3) is 0 Å². The Bertz CT molecular complexity index is 331. The molecule has 0 aliphatic heterocycles. The Morgan fingerprint density at radius 2 is 1.69 bits per heavy atom. The van der Waals surface area contributed by atoms with Crippen LogP contribution in [0.15, 0.2) is 12.7 Å². The maximum Gasteiger partial charge on any atom is 0.328 e. The molecule has 0 aromatic carbocycles. The molecule has 0 aromatic rings. The first-order chi connectivity index (χ1) is 6.97. The van der Waals surface area contributed by atoms with Gasteiger partial charge in [-0.2, -0.15) is 0 Å². The average Bonchev–Trinajstić information content (AvgIpc) is 1.93. The lowest BCUT2D eigenvalue weighted by Gasteiger charge is -2.26. The van der Waals surface area contributed by atoms with Gasteiger partial charge in [0.1, 0.15) is 0 Å². The van der Waals surface area contributed by atoms with E-state index in [1.807, 2.05) is 0 Å². The monoisotopic (exact) mass is 270 g/mol. The zero-order chi connectivity index (χ0) is 13.0. The summed E-state index contributed by atoms with van der Waals surface area (Å²) >= 11 is 0. The molecule has 94 valence electrons. The minimum atomic E-state index is -4.33. The van der Waals surface area contributed by atoms with E-state index in [1.165, 1.54) is 6.08 Å².